The zero-order chi connectivity index (χ0) is 14.9. The summed E-state index contributed by atoms with van der Waals surface area (Å²) in [5, 5.41) is 9.03. The third-order valence-electron chi connectivity index (χ3n) is 3.36. The van der Waals surface area contributed by atoms with Gasteiger partial charge in [-0.05, 0) is 18.6 Å². The predicted molar refractivity (Wildman–Crippen MR) is 72.2 cm³/mol. The van der Waals surface area contributed by atoms with Crippen molar-refractivity contribution >= 4 is 23.3 Å². The molecule has 3 N–H and O–H groups in total. The van der Waals surface area contributed by atoms with Crippen molar-refractivity contribution in [1.82, 2.24) is 4.90 Å². The molecular formula is C13H16FN3O3. The van der Waals surface area contributed by atoms with Gasteiger partial charge in [-0.3, -0.25) is 4.79 Å². The van der Waals surface area contributed by atoms with Crippen LogP contribution in [0.15, 0.2) is 12.1 Å². The molecule has 1 fully saturated rings. The quantitative estimate of drug-likeness (QED) is 0.782. The number of halogens is 1. The summed E-state index contributed by atoms with van der Waals surface area (Å²) in [6.45, 7) is 1.10. The van der Waals surface area contributed by atoms with E-state index in [4.69, 9.17) is 10.8 Å². The minimum atomic E-state index is -1.22. The fourth-order valence-corrected chi connectivity index (χ4v) is 2.20. The van der Waals surface area contributed by atoms with Gasteiger partial charge in [-0.2, -0.15) is 0 Å². The van der Waals surface area contributed by atoms with Crippen LogP contribution in [0.4, 0.5) is 15.8 Å². The Bertz CT molecular complexity index is 562. The highest BCUT2D eigenvalue weighted by Crippen LogP contribution is 2.26. The summed E-state index contributed by atoms with van der Waals surface area (Å²) in [6, 6.07) is 2.17. The Morgan fingerprint density at radius 3 is 2.75 bits per heavy atom. The highest BCUT2D eigenvalue weighted by Gasteiger charge is 2.23. The number of hydrogen-bond acceptors (Lipinski definition) is 4. The van der Waals surface area contributed by atoms with E-state index in [1.807, 2.05) is 0 Å². The van der Waals surface area contributed by atoms with Crippen molar-refractivity contribution in [3.8, 4) is 0 Å². The first kappa shape index (κ1) is 14.1. The number of nitrogens with zero attached hydrogens (tertiary/aromatic N) is 2. The Labute approximate surface area is 115 Å². The molecule has 20 heavy (non-hydrogen) atoms. The maximum Gasteiger partial charge on any atom is 0.337 e. The molecule has 1 aliphatic heterocycles. The molecular weight excluding hydrogens is 265 g/mol. The number of carbonyl (C=O) groups is 2. The van der Waals surface area contributed by atoms with Crippen LogP contribution in [0.2, 0.25) is 0 Å². The van der Waals surface area contributed by atoms with Crippen LogP contribution in [0.5, 0.6) is 0 Å². The summed E-state index contributed by atoms with van der Waals surface area (Å²) >= 11 is 0. The summed E-state index contributed by atoms with van der Waals surface area (Å²) in [7, 11) is 1.69. The lowest BCUT2D eigenvalue weighted by Crippen LogP contribution is -2.34. The van der Waals surface area contributed by atoms with Gasteiger partial charge in [0.05, 0.1) is 17.8 Å². The topological polar surface area (TPSA) is 86.9 Å². The Morgan fingerprint density at radius 2 is 2.10 bits per heavy atom. The van der Waals surface area contributed by atoms with Crippen LogP contribution in [0.3, 0.4) is 0 Å². The number of anilines is 2. The lowest BCUT2D eigenvalue weighted by molar-refractivity contribution is -0.127. The summed E-state index contributed by atoms with van der Waals surface area (Å²) < 4.78 is 14.0. The van der Waals surface area contributed by atoms with E-state index in [2.05, 4.69) is 0 Å². The normalized spacial score (nSPS) is 16.2. The number of nitrogens with two attached hydrogens (primary N) is 1. The van der Waals surface area contributed by atoms with Gasteiger partial charge in [0.25, 0.3) is 0 Å². The number of carbonyl (C=O) groups excluding carboxylic acids is 1. The highest BCUT2D eigenvalue weighted by molar-refractivity contribution is 5.95. The molecule has 0 spiro atoms. The van der Waals surface area contributed by atoms with Gasteiger partial charge in [-0.1, -0.05) is 0 Å². The minimum Gasteiger partial charge on any atom is -0.478 e. The van der Waals surface area contributed by atoms with Gasteiger partial charge in [0.15, 0.2) is 0 Å². The molecule has 0 unspecified atom stereocenters. The molecule has 1 aromatic rings. The molecule has 1 heterocycles. The SMILES string of the molecule is CN1CCCN(c2cc(C(=O)O)c(N)cc2F)CC1=O. The first-order valence-corrected chi connectivity index (χ1v) is 6.21. The second-order valence-corrected chi connectivity index (χ2v) is 4.79. The number of aromatic carboxylic acids is 1. The van der Waals surface area contributed by atoms with E-state index in [9.17, 15) is 14.0 Å². The second-order valence-electron chi connectivity index (χ2n) is 4.79. The maximum absolute atomic E-state index is 14.0. The van der Waals surface area contributed by atoms with Crippen molar-refractivity contribution in [3.05, 3.63) is 23.5 Å². The van der Waals surface area contributed by atoms with Crippen LogP contribution < -0.4 is 10.6 Å². The number of carboxylic acids is 1. The molecule has 0 bridgehead atoms. The molecule has 6 nitrogen and oxygen atoms in total. The lowest BCUT2D eigenvalue weighted by atomic mass is 10.1. The number of likely N-dealkylation sites (N-methyl/N-ethyl adjacent to an activating group) is 1. The van der Waals surface area contributed by atoms with Gasteiger partial charge >= 0.3 is 5.97 Å². The van der Waals surface area contributed by atoms with Crippen molar-refractivity contribution in [2.75, 3.05) is 37.3 Å². The summed E-state index contributed by atoms with van der Waals surface area (Å²) in [5.74, 6) is -1.97. The van der Waals surface area contributed by atoms with Crippen LogP contribution in [-0.4, -0.2) is 48.6 Å². The van der Waals surface area contributed by atoms with Gasteiger partial charge in [0.1, 0.15) is 5.82 Å². The Hall–Kier alpha value is -2.31. The van der Waals surface area contributed by atoms with Gasteiger partial charge in [0, 0.05) is 25.8 Å². The van der Waals surface area contributed by atoms with Crippen LogP contribution in [0.1, 0.15) is 16.8 Å². The average molecular weight is 281 g/mol. The zero-order valence-corrected chi connectivity index (χ0v) is 11.1. The number of amides is 1. The predicted octanol–water partition coefficient (Wildman–Crippen LogP) is 0.775. The van der Waals surface area contributed by atoms with E-state index in [1.54, 1.807) is 16.8 Å². The third kappa shape index (κ3) is 2.66. The van der Waals surface area contributed by atoms with Crippen LogP contribution in [0.25, 0.3) is 0 Å². The summed E-state index contributed by atoms with van der Waals surface area (Å²) in [6.07, 6.45) is 0.689. The monoisotopic (exact) mass is 281 g/mol. The Kier molecular flexibility index (Phi) is 3.78. The van der Waals surface area contributed by atoms with Crippen molar-refractivity contribution in [2.24, 2.45) is 0 Å². The molecule has 0 aliphatic carbocycles. The van der Waals surface area contributed by atoms with Gasteiger partial charge in [-0.25, -0.2) is 9.18 Å². The largest absolute Gasteiger partial charge is 0.478 e. The van der Waals surface area contributed by atoms with E-state index in [-0.39, 0.29) is 29.4 Å². The molecule has 1 saturated heterocycles. The van der Waals surface area contributed by atoms with E-state index in [0.29, 0.717) is 19.5 Å². The van der Waals surface area contributed by atoms with Gasteiger partial charge in [-0.15, -0.1) is 0 Å². The van der Waals surface area contributed by atoms with E-state index in [0.717, 1.165) is 6.07 Å². The second kappa shape index (κ2) is 5.36. The van der Waals surface area contributed by atoms with Crippen LogP contribution in [0, 0.1) is 5.82 Å². The molecule has 7 heteroatoms. The molecule has 0 saturated carbocycles. The standard InChI is InChI=1S/C13H16FN3O3/c1-16-3-2-4-17(7-12(16)18)11-5-8(13(19)20)10(15)6-9(11)14/h5-6H,2-4,7,15H2,1H3,(H,19,20). The first-order valence-electron chi connectivity index (χ1n) is 6.21. The average Bonchev–Trinajstić information content (AvgIpc) is 2.52. The van der Waals surface area contributed by atoms with Gasteiger partial charge in [0.2, 0.25) is 5.91 Å². The number of hydrogen-bond donors (Lipinski definition) is 2. The zero-order valence-electron chi connectivity index (χ0n) is 11.1. The molecule has 0 radical (unpaired) electrons. The molecule has 1 amide bonds. The number of rotatable bonds is 2. The Balaban J connectivity index is 2.38. The smallest absolute Gasteiger partial charge is 0.337 e. The van der Waals surface area contributed by atoms with E-state index >= 15 is 0 Å². The van der Waals surface area contributed by atoms with Crippen molar-refractivity contribution in [3.63, 3.8) is 0 Å². The summed E-state index contributed by atoms with van der Waals surface area (Å²) in [5.41, 5.74) is 5.30. The van der Waals surface area contributed by atoms with Gasteiger partial charge < -0.3 is 20.6 Å². The van der Waals surface area contributed by atoms with Crippen LogP contribution in [-0.2, 0) is 4.79 Å². The fraction of sp³-hybridized carbons (Fsp3) is 0.385. The number of carboxylic acid groups (broad SMARTS) is 1. The number of benzene rings is 1. The lowest BCUT2D eigenvalue weighted by Gasteiger charge is -2.23. The Morgan fingerprint density at radius 1 is 1.40 bits per heavy atom. The molecule has 1 aromatic carbocycles. The first-order chi connectivity index (χ1) is 9.40. The van der Waals surface area contributed by atoms with Crippen molar-refractivity contribution in [2.45, 2.75) is 6.42 Å². The number of nitrogen functional groups attached to an aromatic ring is 1. The fourth-order valence-electron chi connectivity index (χ4n) is 2.20. The van der Waals surface area contributed by atoms with Crippen molar-refractivity contribution < 1.29 is 19.1 Å². The van der Waals surface area contributed by atoms with E-state index < -0.39 is 11.8 Å². The summed E-state index contributed by atoms with van der Waals surface area (Å²) in [4.78, 5) is 26.0. The molecule has 2 rings (SSSR count). The van der Waals surface area contributed by atoms with Crippen LogP contribution >= 0.6 is 0 Å². The molecule has 0 atom stereocenters. The highest BCUT2D eigenvalue weighted by atomic mass is 19.1. The third-order valence-corrected chi connectivity index (χ3v) is 3.36. The molecule has 108 valence electrons. The minimum absolute atomic E-state index is 0.0242. The molecule has 1 aliphatic rings. The van der Waals surface area contributed by atoms with E-state index in [1.165, 1.54) is 6.07 Å². The molecule has 0 aromatic heterocycles. The maximum atomic E-state index is 14.0. The van der Waals surface area contributed by atoms with Crippen molar-refractivity contribution in [1.29, 1.82) is 0 Å².